The van der Waals surface area contributed by atoms with E-state index in [0.717, 1.165) is 29.5 Å². The highest BCUT2D eigenvalue weighted by molar-refractivity contribution is 5.83. The first kappa shape index (κ1) is 14.5. The van der Waals surface area contributed by atoms with Crippen LogP contribution in [0.3, 0.4) is 0 Å². The van der Waals surface area contributed by atoms with Crippen LogP contribution in [0.15, 0.2) is 54.6 Å². The van der Waals surface area contributed by atoms with Gasteiger partial charge in [-0.05, 0) is 36.1 Å². The molecule has 1 atom stereocenters. The lowest BCUT2D eigenvalue weighted by Gasteiger charge is -2.15. The molecule has 2 aromatic carbocycles. The molecular weight excluding hydrogens is 244 g/mol. The van der Waals surface area contributed by atoms with E-state index in [1.807, 2.05) is 18.2 Å². The Labute approximate surface area is 121 Å². The number of aliphatic hydroxyl groups excluding tert-OH is 1. The van der Waals surface area contributed by atoms with Crippen molar-refractivity contribution in [2.45, 2.75) is 32.8 Å². The summed E-state index contributed by atoms with van der Waals surface area (Å²) in [5.41, 5.74) is 4.47. The van der Waals surface area contributed by atoms with Gasteiger partial charge in [-0.1, -0.05) is 73.5 Å². The summed E-state index contributed by atoms with van der Waals surface area (Å²) in [6.07, 6.45) is 3.43. The summed E-state index contributed by atoms with van der Waals surface area (Å²) < 4.78 is 0. The lowest BCUT2D eigenvalue weighted by atomic mass is 9.95. The molecule has 2 rings (SSSR count). The van der Waals surface area contributed by atoms with Gasteiger partial charge in [-0.15, -0.1) is 0 Å². The molecule has 0 saturated carbocycles. The second-order valence-electron chi connectivity index (χ2n) is 5.18. The first-order valence-corrected chi connectivity index (χ1v) is 7.22. The van der Waals surface area contributed by atoms with Crippen molar-refractivity contribution >= 4 is 11.6 Å². The Morgan fingerprint density at radius 2 is 1.70 bits per heavy atom. The fourth-order valence-corrected chi connectivity index (χ4v) is 2.27. The molecule has 104 valence electrons. The molecular formula is C19H22O. The van der Waals surface area contributed by atoms with Crippen molar-refractivity contribution in [3.05, 3.63) is 71.3 Å². The monoisotopic (exact) mass is 266 g/mol. The third kappa shape index (κ3) is 3.82. The maximum Gasteiger partial charge on any atom is 0.0795 e. The Hall–Kier alpha value is -1.86. The third-order valence-corrected chi connectivity index (χ3v) is 3.43. The summed E-state index contributed by atoms with van der Waals surface area (Å²) in [5, 5.41) is 10.4. The van der Waals surface area contributed by atoms with E-state index < -0.39 is 6.10 Å². The Morgan fingerprint density at radius 1 is 1.05 bits per heavy atom. The van der Waals surface area contributed by atoms with Gasteiger partial charge in [0.2, 0.25) is 0 Å². The normalized spacial score (nSPS) is 13.2. The third-order valence-electron chi connectivity index (χ3n) is 3.43. The molecule has 0 radical (unpaired) electrons. The summed E-state index contributed by atoms with van der Waals surface area (Å²) in [4.78, 5) is 0. The van der Waals surface area contributed by atoms with Gasteiger partial charge in [-0.2, -0.15) is 0 Å². The standard InChI is InChI=1S/C19H22O/c1-3-7-19(20)18(17-8-5-4-6-9-17)14-16-12-10-15(2)11-13-16/h4-6,8-14,19-20H,3,7H2,1-2H3/b18-14-. The molecule has 0 aliphatic carbocycles. The van der Waals surface area contributed by atoms with Crippen LogP contribution in [0.5, 0.6) is 0 Å². The number of hydrogen-bond donors (Lipinski definition) is 1. The van der Waals surface area contributed by atoms with Gasteiger partial charge in [-0.25, -0.2) is 0 Å². The van der Waals surface area contributed by atoms with E-state index in [2.05, 4.69) is 56.3 Å². The summed E-state index contributed by atoms with van der Waals surface area (Å²) in [6, 6.07) is 18.5. The fourth-order valence-electron chi connectivity index (χ4n) is 2.27. The van der Waals surface area contributed by atoms with Crippen molar-refractivity contribution in [2.24, 2.45) is 0 Å². The number of hydrogen-bond acceptors (Lipinski definition) is 1. The van der Waals surface area contributed by atoms with Crippen LogP contribution in [0.1, 0.15) is 36.5 Å². The smallest absolute Gasteiger partial charge is 0.0795 e. The van der Waals surface area contributed by atoms with E-state index in [1.54, 1.807) is 0 Å². The van der Waals surface area contributed by atoms with Crippen LogP contribution in [-0.2, 0) is 0 Å². The van der Waals surface area contributed by atoms with Crippen molar-refractivity contribution < 1.29 is 5.11 Å². The molecule has 0 aliphatic heterocycles. The summed E-state index contributed by atoms with van der Waals surface area (Å²) >= 11 is 0. The molecule has 2 aromatic rings. The van der Waals surface area contributed by atoms with E-state index in [9.17, 15) is 5.11 Å². The SMILES string of the molecule is CCCC(O)/C(=C\c1ccc(C)cc1)c1ccccc1. The number of rotatable bonds is 5. The zero-order valence-corrected chi connectivity index (χ0v) is 12.2. The summed E-state index contributed by atoms with van der Waals surface area (Å²) in [6.45, 7) is 4.18. The van der Waals surface area contributed by atoms with Crippen molar-refractivity contribution in [2.75, 3.05) is 0 Å². The molecule has 0 heterocycles. The van der Waals surface area contributed by atoms with E-state index in [4.69, 9.17) is 0 Å². The number of aliphatic hydroxyl groups is 1. The van der Waals surface area contributed by atoms with Crippen molar-refractivity contribution in [1.29, 1.82) is 0 Å². The Balaban J connectivity index is 2.38. The van der Waals surface area contributed by atoms with E-state index in [1.165, 1.54) is 5.56 Å². The molecule has 0 aliphatic rings. The first-order chi connectivity index (χ1) is 9.70. The molecule has 0 saturated heterocycles. The van der Waals surface area contributed by atoms with Crippen LogP contribution < -0.4 is 0 Å². The Bertz CT molecular complexity index is 552. The molecule has 20 heavy (non-hydrogen) atoms. The van der Waals surface area contributed by atoms with Gasteiger partial charge < -0.3 is 5.11 Å². The van der Waals surface area contributed by atoms with Crippen LogP contribution in [0, 0.1) is 6.92 Å². The molecule has 1 nitrogen and oxygen atoms in total. The minimum atomic E-state index is -0.413. The fraction of sp³-hybridized carbons (Fsp3) is 0.263. The maximum absolute atomic E-state index is 10.4. The van der Waals surface area contributed by atoms with Gasteiger partial charge in [0.05, 0.1) is 6.10 Å². The van der Waals surface area contributed by atoms with Crippen LogP contribution in [0.25, 0.3) is 11.6 Å². The average molecular weight is 266 g/mol. The molecule has 0 amide bonds. The molecule has 0 fully saturated rings. The second kappa shape index (κ2) is 7.06. The van der Waals surface area contributed by atoms with Gasteiger partial charge >= 0.3 is 0 Å². The molecule has 1 heteroatoms. The van der Waals surface area contributed by atoms with Crippen LogP contribution >= 0.6 is 0 Å². The first-order valence-electron chi connectivity index (χ1n) is 7.22. The summed E-state index contributed by atoms with van der Waals surface area (Å²) in [7, 11) is 0. The zero-order chi connectivity index (χ0) is 14.4. The van der Waals surface area contributed by atoms with Gasteiger partial charge in [0.15, 0.2) is 0 Å². The zero-order valence-electron chi connectivity index (χ0n) is 12.2. The average Bonchev–Trinajstić information content (AvgIpc) is 2.48. The highest BCUT2D eigenvalue weighted by Gasteiger charge is 2.12. The minimum Gasteiger partial charge on any atom is -0.388 e. The molecule has 1 N–H and O–H groups in total. The molecule has 0 bridgehead atoms. The van der Waals surface area contributed by atoms with Gasteiger partial charge in [0.1, 0.15) is 0 Å². The van der Waals surface area contributed by atoms with Gasteiger partial charge in [-0.3, -0.25) is 0 Å². The van der Waals surface area contributed by atoms with Crippen LogP contribution in [0.4, 0.5) is 0 Å². The van der Waals surface area contributed by atoms with Crippen molar-refractivity contribution in [3.63, 3.8) is 0 Å². The highest BCUT2D eigenvalue weighted by Crippen LogP contribution is 2.24. The predicted octanol–water partition coefficient (Wildman–Crippen LogP) is 4.70. The molecule has 0 spiro atoms. The lowest BCUT2D eigenvalue weighted by Crippen LogP contribution is -2.08. The van der Waals surface area contributed by atoms with E-state index >= 15 is 0 Å². The van der Waals surface area contributed by atoms with E-state index in [0.29, 0.717) is 0 Å². The number of benzene rings is 2. The van der Waals surface area contributed by atoms with Gasteiger partial charge in [0.25, 0.3) is 0 Å². The molecule has 0 aromatic heterocycles. The van der Waals surface area contributed by atoms with Crippen molar-refractivity contribution in [1.82, 2.24) is 0 Å². The Kier molecular flexibility index (Phi) is 5.14. The second-order valence-corrected chi connectivity index (χ2v) is 5.18. The summed E-state index contributed by atoms with van der Waals surface area (Å²) in [5.74, 6) is 0. The quantitative estimate of drug-likeness (QED) is 0.778. The molecule has 1 unspecified atom stereocenters. The van der Waals surface area contributed by atoms with Crippen LogP contribution in [-0.4, -0.2) is 11.2 Å². The highest BCUT2D eigenvalue weighted by atomic mass is 16.3. The Morgan fingerprint density at radius 3 is 2.30 bits per heavy atom. The van der Waals surface area contributed by atoms with Gasteiger partial charge in [0, 0.05) is 0 Å². The maximum atomic E-state index is 10.4. The van der Waals surface area contributed by atoms with Crippen molar-refractivity contribution in [3.8, 4) is 0 Å². The largest absolute Gasteiger partial charge is 0.388 e. The topological polar surface area (TPSA) is 20.2 Å². The number of aryl methyl sites for hydroxylation is 1. The predicted molar refractivity (Wildman–Crippen MR) is 86.4 cm³/mol. The minimum absolute atomic E-state index is 0.413. The van der Waals surface area contributed by atoms with Crippen LogP contribution in [0.2, 0.25) is 0 Å². The lowest BCUT2D eigenvalue weighted by molar-refractivity contribution is 0.221. The van der Waals surface area contributed by atoms with E-state index in [-0.39, 0.29) is 0 Å².